The molecular weight excluding hydrogens is 358 g/mol. The van der Waals surface area contributed by atoms with Crippen molar-refractivity contribution in [3.05, 3.63) is 78.6 Å². The van der Waals surface area contributed by atoms with E-state index in [1.165, 1.54) is 18.6 Å². The molecule has 0 aliphatic carbocycles. The van der Waals surface area contributed by atoms with E-state index in [4.69, 9.17) is 4.74 Å². The zero-order valence-corrected chi connectivity index (χ0v) is 14.9. The van der Waals surface area contributed by atoms with Gasteiger partial charge in [-0.25, -0.2) is 9.67 Å². The van der Waals surface area contributed by atoms with Gasteiger partial charge in [0, 0.05) is 30.3 Å². The Balaban J connectivity index is 1.40. The maximum atomic E-state index is 12.1. The van der Waals surface area contributed by atoms with Crippen molar-refractivity contribution in [2.24, 2.45) is 0 Å². The monoisotopic (exact) mass is 373 g/mol. The van der Waals surface area contributed by atoms with E-state index in [9.17, 15) is 4.79 Å². The van der Waals surface area contributed by atoms with Crippen molar-refractivity contribution in [2.75, 3.05) is 5.32 Å². The number of aryl methyl sites for hydroxylation is 1. The summed E-state index contributed by atoms with van der Waals surface area (Å²) in [5.74, 6) is 1.18. The van der Waals surface area contributed by atoms with Crippen LogP contribution >= 0.6 is 0 Å². The third-order valence-corrected chi connectivity index (χ3v) is 3.71. The van der Waals surface area contributed by atoms with Gasteiger partial charge in [-0.15, -0.1) is 10.2 Å². The number of nitrogens with zero attached hydrogens (tertiary/aromatic N) is 6. The number of benzene rings is 1. The van der Waals surface area contributed by atoms with Crippen LogP contribution in [0.2, 0.25) is 0 Å². The van der Waals surface area contributed by atoms with Crippen molar-refractivity contribution in [1.82, 2.24) is 29.9 Å². The van der Waals surface area contributed by atoms with E-state index in [1.54, 1.807) is 41.1 Å². The van der Waals surface area contributed by atoms with Crippen LogP contribution < -0.4 is 10.1 Å². The number of amides is 1. The summed E-state index contributed by atoms with van der Waals surface area (Å²) in [4.78, 5) is 19.9. The highest BCUT2D eigenvalue weighted by Crippen LogP contribution is 2.21. The quantitative estimate of drug-likeness (QED) is 0.573. The van der Waals surface area contributed by atoms with Crippen molar-refractivity contribution < 1.29 is 9.53 Å². The number of rotatable bonds is 5. The molecule has 4 rings (SSSR count). The molecule has 28 heavy (non-hydrogen) atoms. The molecule has 0 fully saturated rings. The highest BCUT2D eigenvalue weighted by atomic mass is 16.5. The first-order valence-corrected chi connectivity index (χ1v) is 8.39. The lowest BCUT2D eigenvalue weighted by molar-refractivity contribution is 0.102. The molecule has 0 unspecified atom stereocenters. The SMILES string of the molecule is Cc1ccn(-c2ccc(Oc3ccc(NC(=O)c4cnccn4)cc3)nn2)n1. The first kappa shape index (κ1) is 17.3. The van der Waals surface area contributed by atoms with E-state index >= 15 is 0 Å². The highest BCUT2D eigenvalue weighted by Gasteiger charge is 2.08. The molecule has 0 bridgehead atoms. The third-order valence-electron chi connectivity index (χ3n) is 3.71. The predicted octanol–water partition coefficient (Wildman–Crippen LogP) is 2.81. The summed E-state index contributed by atoms with van der Waals surface area (Å²) in [5.41, 5.74) is 1.75. The molecule has 4 aromatic rings. The Morgan fingerprint density at radius 1 is 1.04 bits per heavy atom. The molecule has 3 aromatic heterocycles. The molecule has 0 atom stereocenters. The number of aromatic nitrogens is 6. The van der Waals surface area contributed by atoms with Crippen LogP contribution in [0.25, 0.3) is 5.82 Å². The van der Waals surface area contributed by atoms with Crippen molar-refractivity contribution in [2.45, 2.75) is 6.92 Å². The van der Waals surface area contributed by atoms with E-state index in [0.29, 0.717) is 23.1 Å². The second-order valence-electron chi connectivity index (χ2n) is 5.80. The molecule has 9 heteroatoms. The van der Waals surface area contributed by atoms with Crippen molar-refractivity contribution in [1.29, 1.82) is 0 Å². The Hall–Kier alpha value is -4.14. The highest BCUT2D eigenvalue weighted by molar-refractivity contribution is 6.02. The fraction of sp³-hybridized carbons (Fsp3) is 0.0526. The normalized spacial score (nSPS) is 10.5. The number of carbonyl (C=O) groups is 1. The standard InChI is InChI=1S/C19H15N7O2/c1-13-8-11-26(25-13)17-6-7-18(24-23-17)28-15-4-2-14(3-5-15)22-19(27)16-12-20-9-10-21-16/h2-12H,1H3,(H,22,27). The number of carbonyl (C=O) groups excluding carboxylic acids is 1. The molecule has 0 saturated carbocycles. The molecule has 9 nitrogen and oxygen atoms in total. The molecule has 0 saturated heterocycles. The zero-order valence-electron chi connectivity index (χ0n) is 14.9. The summed E-state index contributed by atoms with van der Waals surface area (Å²) < 4.78 is 7.32. The molecule has 0 radical (unpaired) electrons. The van der Waals surface area contributed by atoms with Crippen molar-refractivity contribution >= 4 is 11.6 Å². The lowest BCUT2D eigenvalue weighted by atomic mass is 10.3. The first-order valence-electron chi connectivity index (χ1n) is 8.39. The smallest absolute Gasteiger partial charge is 0.275 e. The Morgan fingerprint density at radius 3 is 2.54 bits per heavy atom. The minimum absolute atomic E-state index is 0.241. The lowest BCUT2D eigenvalue weighted by Crippen LogP contribution is -2.13. The maximum Gasteiger partial charge on any atom is 0.275 e. The van der Waals surface area contributed by atoms with Crippen LogP contribution in [-0.2, 0) is 0 Å². The average molecular weight is 373 g/mol. The summed E-state index contributed by atoms with van der Waals surface area (Å²) in [6.45, 7) is 1.90. The second kappa shape index (κ2) is 7.62. The van der Waals surface area contributed by atoms with Gasteiger partial charge in [-0.1, -0.05) is 0 Å². The van der Waals surface area contributed by atoms with E-state index in [-0.39, 0.29) is 11.6 Å². The van der Waals surface area contributed by atoms with E-state index in [0.717, 1.165) is 5.69 Å². The van der Waals surface area contributed by atoms with E-state index in [2.05, 4.69) is 30.6 Å². The Morgan fingerprint density at radius 2 is 1.89 bits per heavy atom. The number of nitrogens with one attached hydrogen (secondary N) is 1. The second-order valence-corrected chi connectivity index (χ2v) is 5.80. The molecule has 1 aromatic carbocycles. The maximum absolute atomic E-state index is 12.1. The third kappa shape index (κ3) is 3.98. The molecule has 138 valence electrons. The van der Waals surface area contributed by atoms with Crippen LogP contribution in [0.4, 0.5) is 5.69 Å². The fourth-order valence-corrected chi connectivity index (χ4v) is 2.37. The van der Waals surface area contributed by atoms with E-state index < -0.39 is 0 Å². The van der Waals surface area contributed by atoms with E-state index in [1.807, 2.05) is 19.2 Å². The van der Waals surface area contributed by atoms with Gasteiger partial charge in [-0.2, -0.15) is 5.10 Å². The first-order chi connectivity index (χ1) is 13.7. The van der Waals surface area contributed by atoms with Crippen LogP contribution in [-0.4, -0.2) is 35.9 Å². The van der Waals surface area contributed by atoms with Gasteiger partial charge in [0.1, 0.15) is 11.4 Å². The number of ether oxygens (including phenoxy) is 1. The predicted molar refractivity (Wildman–Crippen MR) is 100 cm³/mol. The molecule has 0 aliphatic rings. The topological polar surface area (TPSA) is 108 Å². The summed E-state index contributed by atoms with van der Waals surface area (Å²) >= 11 is 0. The number of hydrogen-bond acceptors (Lipinski definition) is 7. The molecular formula is C19H15N7O2. The Labute approximate surface area is 160 Å². The Kier molecular flexibility index (Phi) is 4.70. The number of hydrogen-bond donors (Lipinski definition) is 1. The van der Waals surface area contributed by atoms with Crippen molar-refractivity contribution in [3.63, 3.8) is 0 Å². The lowest BCUT2D eigenvalue weighted by Gasteiger charge is -2.07. The van der Waals surface area contributed by atoms with Gasteiger partial charge in [0.25, 0.3) is 5.91 Å². The molecule has 0 spiro atoms. The fourth-order valence-electron chi connectivity index (χ4n) is 2.37. The van der Waals surface area contributed by atoms with Crippen LogP contribution in [0.5, 0.6) is 11.6 Å². The Bertz CT molecular complexity index is 1080. The summed E-state index contributed by atoms with van der Waals surface area (Å²) in [6, 6.07) is 12.2. The summed E-state index contributed by atoms with van der Waals surface area (Å²) in [6.07, 6.45) is 6.19. The van der Waals surface area contributed by atoms with Crippen LogP contribution in [0, 0.1) is 6.92 Å². The van der Waals surface area contributed by atoms with Gasteiger partial charge in [-0.05, 0) is 43.3 Å². The van der Waals surface area contributed by atoms with Crippen LogP contribution in [0.15, 0.2) is 67.3 Å². The molecule has 0 aliphatic heterocycles. The molecule has 3 heterocycles. The minimum atomic E-state index is -0.336. The van der Waals surface area contributed by atoms with Gasteiger partial charge in [0.05, 0.1) is 11.9 Å². The summed E-state index contributed by atoms with van der Waals surface area (Å²) in [7, 11) is 0. The minimum Gasteiger partial charge on any atom is -0.438 e. The van der Waals surface area contributed by atoms with Gasteiger partial charge in [-0.3, -0.25) is 9.78 Å². The average Bonchev–Trinajstić information content (AvgIpc) is 3.17. The van der Waals surface area contributed by atoms with Crippen LogP contribution in [0.3, 0.4) is 0 Å². The van der Waals surface area contributed by atoms with Gasteiger partial charge < -0.3 is 10.1 Å². The van der Waals surface area contributed by atoms with Gasteiger partial charge in [0.2, 0.25) is 5.88 Å². The van der Waals surface area contributed by atoms with Crippen molar-refractivity contribution in [3.8, 4) is 17.4 Å². The number of anilines is 1. The zero-order chi connectivity index (χ0) is 19.3. The largest absolute Gasteiger partial charge is 0.438 e. The van der Waals surface area contributed by atoms with Gasteiger partial charge >= 0.3 is 0 Å². The van der Waals surface area contributed by atoms with Crippen LogP contribution in [0.1, 0.15) is 16.2 Å². The molecule has 1 N–H and O–H groups in total. The summed E-state index contributed by atoms with van der Waals surface area (Å²) in [5, 5.41) is 15.2. The van der Waals surface area contributed by atoms with Gasteiger partial charge in [0.15, 0.2) is 5.82 Å². The molecule has 1 amide bonds.